The molecule has 0 fully saturated rings. The van der Waals surface area contributed by atoms with Gasteiger partial charge in [-0.25, -0.2) is 0 Å². The zero-order valence-corrected chi connectivity index (χ0v) is 14.0. The maximum absolute atomic E-state index is 13.3. The minimum absolute atomic E-state index is 0.0206. The number of fused-ring (bicyclic) bond motifs is 2. The van der Waals surface area contributed by atoms with Gasteiger partial charge in [0.1, 0.15) is 0 Å². The number of nitrogens with zero attached hydrogens (tertiary/aromatic N) is 1. The van der Waals surface area contributed by atoms with Crippen molar-refractivity contribution in [3.05, 3.63) is 54.1 Å². The highest BCUT2D eigenvalue weighted by Crippen LogP contribution is 2.38. The van der Waals surface area contributed by atoms with Gasteiger partial charge in [-0.1, -0.05) is 30.3 Å². The molecule has 2 aliphatic rings. The molecule has 24 heavy (non-hydrogen) atoms. The van der Waals surface area contributed by atoms with Gasteiger partial charge in [-0.2, -0.15) is 0 Å². The zero-order chi connectivity index (χ0) is 16.5. The number of amides is 2. The third-order valence-electron chi connectivity index (χ3n) is 4.50. The molecule has 2 heterocycles. The molecule has 2 aliphatic heterocycles. The highest BCUT2D eigenvalue weighted by atomic mass is 32.2. The van der Waals surface area contributed by atoms with Crippen LogP contribution >= 0.6 is 11.8 Å². The molecule has 0 aromatic heterocycles. The molecule has 2 amide bonds. The summed E-state index contributed by atoms with van der Waals surface area (Å²) in [5, 5.41) is 2.87. The van der Waals surface area contributed by atoms with Crippen LogP contribution in [0.4, 0.5) is 11.4 Å². The first-order valence-corrected chi connectivity index (χ1v) is 9.14. The second kappa shape index (κ2) is 6.32. The van der Waals surface area contributed by atoms with Crippen LogP contribution in [0.3, 0.4) is 0 Å². The van der Waals surface area contributed by atoms with Gasteiger partial charge in [-0.05, 0) is 35.9 Å². The maximum atomic E-state index is 13.3. The molecule has 0 bridgehead atoms. The Morgan fingerprint density at radius 2 is 1.92 bits per heavy atom. The van der Waals surface area contributed by atoms with Crippen molar-refractivity contribution < 1.29 is 9.59 Å². The van der Waals surface area contributed by atoms with E-state index >= 15 is 0 Å². The molecular formula is C19H18N2O2S. The Hall–Kier alpha value is -2.27. The molecule has 4 nitrogen and oxygen atoms in total. The van der Waals surface area contributed by atoms with E-state index in [9.17, 15) is 9.59 Å². The standard InChI is InChI=1S/C19H18N2O2S/c22-18-12-14(13-6-1-2-7-15(13)20-18)19(23)21-10-5-11-24-17-9-4-3-8-16(17)21/h1-4,6-9,14H,5,10-12H2,(H,20,22). The van der Waals surface area contributed by atoms with E-state index in [0.717, 1.165) is 34.0 Å². The van der Waals surface area contributed by atoms with Crippen LogP contribution in [0.25, 0.3) is 0 Å². The molecule has 122 valence electrons. The monoisotopic (exact) mass is 338 g/mol. The lowest BCUT2D eigenvalue weighted by Gasteiger charge is -2.30. The van der Waals surface area contributed by atoms with E-state index < -0.39 is 5.92 Å². The van der Waals surface area contributed by atoms with Crippen LogP contribution in [-0.4, -0.2) is 24.1 Å². The SMILES string of the molecule is O=C1CC(C(=O)N2CCCSc3ccccc32)c2ccccc2N1. The van der Waals surface area contributed by atoms with Gasteiger partial charge in [0, 0.05) is 23.5 Å². The number of rotatable bonds is 1. The van der Waals surface area contributed by atoms with Gasteiger partial charge < -0.3 is 10.2 Å². The molecule has 0 aliphatic carbocycles. The molecule has 1 atom stereocenters. The molecule has 0 spiro atoms. The number of anilines is 2. The van der Waals surface area contributed by atoms with Gasteiger partial charge in [0.15, 0.2) is 0 Å². The van der Waals surface area contributed by atoms with Gasteiger partial charge in [-0.15, -0.1) is 11.8 Å². The topological polar surface area (TPSA) is 49.4 Å². The average Bonchev–Trinajstić information content (AvgIpc) is 2.83. The fraction of sp³-hybridized carbons (Fsp3) is 0.263. The van der Waals surface area contributed by atoms with Crippen molar-refractivity contribution in [2.24, 2.45) is 0 Å². The first kappa shape index (κ1) is 15.3. The Morgan fingerprint density at radius 3 is 2.83 bits per heavy atom. The first-order valence-electron chi connectivity index (χ1n) is 8.16. The van der Waals surface area contributed by atoms with E-state index in [4.69, 9.17) is 0 Å². The van der Waals surface area contributed by atoms with Crippen molar-refractivity contribution in [2.45, 2.75) is 23.7 Å². The smallest absolute Gasteiger partial charge is 0.235 e. The number of nitrogens with one attached hydrogen (secondary N) is 1. The van der Waals surface area contributed by atoms with Gasteiger partial charge in [0.25, 0.3) is 0 Å². The van der Waals surface area contributed by atoms with E-state index in [1.54, 1.807) is 11.8 Å². The largest absolute Gasteiger partial charge is 0.326 e. The van der Waals surface area contributed by atoms with Crippen molar-refractivity contribution in [3.8, 4) is 0 Å². The molecule has 0 radical (unpaired) electrons. The van der Waals surface area contributed by atoms with Crippen LogP contribution in [0.15, 0.2) is 53.4 Å². The quantitative estimate of drug-likeness (QED) is 0.863. The highest BCUT2D eigenvalue weighted by molar-refractivity contribution is 7.99. The lowest BCUT2D eigenvalue weighted by molar-refractivity contribution is -0.124. The minimum atomic E-state index is -0.411. The summed E-state index contributed by atoms with van der Waals surface area (Å²) in [7, 11) is 0. The predicted octanol–water partition coefficient (Wildman–Crippen LogP) is 3.64. The molecule has 2 aromatic rings. The van der Waals surface area contributed by atoms with Gasteiger partial charge >= 0.3 is 0 Å². The van der Waals surface area contributed by atoms with Crippen molar-refractivity contribution in [2.75, 3.05) is 22.5 Å². The van der Waals surface area contributed by atoms with Crippen LogP contribution < -0.4 is 10.2 Å². The molecule has 1 unspecified atom stereocenters. The number of hydrogen-bond acceptors (Lipinski definition) is 3. The van der Waals surface area contributed by atoms with Gasteiger partial charge in [-0.3, -0.25) is 9.59 Å². The van der Waals surface area contributed by atoms with Crippen LogP contribution in [0.1, 0.15) is 24.3 Å². The van der Waals surface area contributed by atoms with Crippen LogP contribution in [0.5, 0.6) is 0 Å². The molecule has 4 rings (SSSR count). The molecule has 1 N–H and O–H groups in total. The summed E-state index contributed by atoms with van der Waals surface area (Å²) in [6, 6.07) is 15.6. The van der Waals surface area contributed by atoms with E-state index in [1.807, 2.05) is 47.4 Å². The van der Waals surface area contributed by atoms with E-state index in [1.165, 1.54) is 0 Å². The molecule has 2 aromatic carbocycles. The number of thioether (sulfide) groups is 1. The molecular weight excluding hydrogens is 320 g/mol. The number of hydrogen-bond donors (Lipinski definition) is 1. The van der Waals surface area contributed by atoms with E-state index in [-0.39, 0.29) is 18.2 Å². The summed E-state index contributed by atoms with van der Waals surface area (Å²) in [6.45, 7) is 0.698. The van der Waals surface area contributed by atoms with Crippen molar-refractivity contribution in [1.82, 2.24) is 0 Å². The molecule has 0 saturated heterocycles. The Balaban J connectivity index is 1.73. The van der Waals surface area contributed by atoms with Gasteiger partial charge in [0.2, 0.25) is 11.8 Å². The van der Waals surface area contributed by atoms with Crippen LogP contribution in [0, 0.1) is 0 Å². The lowest BCUT2D eigenvalue weighted by atomic mass is 9.89. The van der Waals surface area contributed by atoms with Crippen molar-refractivity contribution in [3.63, 3.8) is 0 Å². The Morgan fingerprint density at radius 1 is 1.12 bits per heavy atom. The second-order valence-electron chi connectivity index (χ2n) is 6.05. The molecule has 0 saturated carbocycles. The number of carbonyl (C=O) groups excluding carboxylic acids is 2. The summed E-state index contributed by atoms with van der Waals surface area (Å²) in [4.78, 5) is 28.4. The average molecular weight is 338 g/mol. The zero-order valence-electron chi connectivity index (χ0n) is 13.2. The van der Waals surface area contributed by atoms with Crippen molar-refractivity contribution >= 4 is 35.0 Å². The van der Waals surface area contributed by atoms with Gasteiger partial charge in [0.05, 0.1) is 11.6 Å². The highest BCUT2D eigenvalue weighted by Gasteiger charge is 2.34. The van der Waals surface area contributed by atoms with Crippen molar-refractivity contribution in [1.29, 1.82) is 0 Å². The first-order chi connectivity index (χ1) is 11.7. The number of benzene rings is 2. The summed E-state index contributed by atoms with van der Waals surface area (Å²) < 4.78 is 0. The maximum Gasteiger partial charge on any atom is 0.235 e. The van der Waals surface area contributed by atoms with Crippen LogP contribution in [-0.2, 0) is 9.59 Å². The van der Waals surface area contributed by atoms with E-state index in [0.29, 0.717) is 6.54 Å². The van der Waals surface area contributed by atoms with E-state index in [2.05, 4.69) is 11.4 Å². The molecule has 5 heteroatoms. The Bertz CT molecular complexity index is 805. The predicted molar refractivity (Wildman–Crippen MR) is 96.6 cm³/mol. The fourth-order valence-electron chi connectivity index (χ4n) is 3.38. The van der Waals surface area contributed by atoms with Crippen LogP contribution in [0.2, 0.25) is 0 Å². The number of para-hydroxylation sites is 2. The number of carbonyl (C=O) groups is 2. The Kier molecular flexibility index (Phi) is 4.02. The lowest BCUT2D eigenvalue weighted by Crippen LogP contribution is -2.39. The summed E-state index contributed by atoms with van der Waals surface area (Å²) in [5.74, 6) is 0.519. The third kappa shape index (κ3) is 2.69. The second-order valence-corrected chi connectivity index (χ2v) is 7.19. The Labute approximate surface area is 145 Å². The minimum Gasteiger partial charge on any atom is -0.326 e. The fourth-order valence-corrected chi connectivity index (χ4v) is 4.37. The summed E-state index contributed by atoms with van der Waals surface area (Å²) >= 11 is 1.79. The normalized spacial score (nSPS) is 19.8. The third-order valence-corrected chi connectivity index (χ3v) is 5.65. The summed E-state index contributed by atoms with van der Waals surface area (Å²) in [6.07, 6.45) is 1.16. The summed E-state index contributed by atoms with van der Waals surface area (Å²) in [5.41, 5.74) is 2.63.